The van der Waals surface area contributed by atoms with Crippen molar-refractivity contribution in [2.75, 3.05) is 24.9 Å². The molecule has 0 unspecified atom stereocenters. The molecule has 0 bridgehead atoms. The number of likely N-dealkylation sites (tertiary alicyclic amines) is 1. The predicted octanol–water partition coefficient (Wildman–Crippen LogP) is 2.46. The van der Waals surface area contributed by atoms with Crippen molar-refractivity contribution in [2.45, 2.75) is 31.7 Å². The van der Waals surface area contributed by atoms with Crippen LogP contribution in [-0.2, 0) is 10.2 Å². The number of nitrogens with one attached hydrogen (secondary N) is 2. The Kier molecular flexibility index (Phi) is 5.87. The predicted molar refractivity (Wildman–Crippen MR) is 86.9 cm³/mol. The molecule has 2 N–H and O–H groups in total. The zero-order chi connectivity index (χ0) is 15.3. The first-order valence-electron chi connectivity index (χ1n) is 7.19. The van der Waals surface area contributed by atoms with E-state index in [-0.39, 0.29) is 0 Å². The van der Waals surface area contributed by atoms with Crippen LogP contribution < -0.4 is 9.44 Å². The van der Waals surface area contributed by atoms with Crippen molar-refractivity contribution in [3.8, 4) is 0 Å². The standard InChI is InChI=1S/C14H22ClN3O2S/c1-18-11-3-5-14(18)4-2-10-16-21(19,20)17-13-8-6-12(15)7-9-13/h6-9,14,16-17H,2-5,10-11H2,1H3/t14-/m1/s1. The fraction of sp³-hybridized carbons (Fsp3) is 0.571. The van der Waals surface area contributed by atoms with Gasteiger partial charge in [0.1, 0.15) is 0 Å². The van der Waals surface area contributed by atoms with E-state index in [9.17, 15) is 8.42 Å². The lowest BCUT2D eigenvalue weighted by atomic mass is 10.1. The molecule has 1 aromatic carbocycles. The highest BCUT2D eigenvalue weighted by atomic mass is 35.5. The van der Waals surface area contributed by atoms with Crippen molar-refractivity contribution in [2.24, 2.45) is 0 Å². The molecule has 0 aromatic heterocycles. The summed E-state index contributed by atoms with van der Waals surface area (Å²) in [5.74, 6) is 0. The summed E-state index contributed by atoms with van der Waals surface area (Å²) in [6.07, 6.45) is 4.33. The van der Waals surface area contributed by atoms with Crippen LogP contribution >= 0.6 is 11.6 Å². The molecule has 2 rings (SSSR count). The van der Waals surface area contributed by atoms with Gasteiger partial charge in [0.2, 0.25) is 0 Å². The van der Waals surface area contributed by atoms with E-state index in [4.69, 9.17) is 11.6 Å². The largest absolute Gasteiger partial charge is 0.303 e. The Morgan fingerprint density at radius 2 is 2.05 bits per heavy atom. The molecule has 1 saturated heterocycles. The Bertz CT molecular complexity index is 548. The number of hydrogen-bond acceptors (Lipinski definition) is 3. The summed E-state index contributed by atoms with van der Waals surface area (Å²) >= 11 is 5.76. The number of nitrogens with zero attached hydrogens (tertiary/aromatic N) is 1. The minimum atomic E-state index is -3.51. The Hall–Kier alpha value is -0.820. The summed E-state index contributed by atoms with van der Waals surface area (Å²) in [4.78, 5) is 2.35. The highest BCUT2D eigenvalue weighted by Gasteiger charge is 2.20. The van der Waals surface area contributed by atoms with E-state index >= 15 is 0 Å². The fourth-order valence-corrected chi connectivity index (χ4v) is 3.65. The average Bonchev–Trinajstić information content (AvgIpc) is 2.83. The lowest BCUT2D eigenvalue weighted by Crippen LogP contribution is -2.32. The van der Waals surface area contributed by atoms with Gasteiger partial charge in [0.15, 0.2) is 0 Å². The van der Waals surface area contributed by atoms with Gasteiger partial charge in [0.05, 0.1) is 0 Å². The molecule has 1 fully saturated rings. The van der Waals surface area contributed by atoms with Crippen LogP contribution in [0.15, 0.2) is 24.3 Å². The minimum absolute atomic E-state index is 0.452. The van der Waals surface area contributed by atoms with Gasteiger partial charge in [-0.05, 0) is 63.5 Å². The quantitative estimate of drug-likeness (QED) is 0.754. The highest BCUT2D eigenvalue weighted by molar-refractivity contribution is 7.90. The fourth-order valence-electron chi connectivity index (χ4n) is 2.60. The van der Waals surface area contributed by atoms with Gasteiger partial charge < -0.3 is 4.90 Å². The number of rotatable bonds is 7. The first-order valence-corrected chi connectivity index (χ1v) is 9.05. The lowest BCUT2D eigenvalue weighted by Gasteiger charge is -2.19. The zero-order valence-corrected chi connectivity index (χ0v) is 13.8. The molecule has 1 aromatic rings. The maximum absolute atomic E-state index is 11.9. The van der Waals surface area contributed by atoms with E-state index in [0.29, 0.717) is 23.3 Å². The molecule has 0 spiro atoms. The summed E-state index contributed by atoms with van der Waals surface area (Å²) in [5, 5.41) is 0.576. The van der Waals surface area contributed by atoms with Crippen molar-refractivity contribution in [3.05, 3.63) is 29.3 Å². The van der Waals surface area contributed by atoms with Gasteiger partial charge >= 0.3 is 0 Å². The molecule has 1 aliphatic heterocycles. The SMILES string of the molecule is CN1CCC[C@H]1CCCNS(=O)(=O)Nc1ccc(Cl)cc1. The van der Waals surface area contributed by atoms with E-state index in [1.54, 1.807) is 24.3 Å². The summed E-state index contributed by atoms with van der Waals surface area (Å²) in [7, 11) is -1.38. The molecule has 0 saturated carbocycles. The third-order valence-electron chi connectivity index (χ3n) is 3.77. The smallest absolute Gasteiger partial charge is 0.299 e. The van der Waals surface area contributed by atoms with E-state index in [1.165, 1.54) is 12.8 Å². The van der Waals surface area contributed by atoms with Crippen LogP contribution in [0, 0.1) is 0 Å². The van der Waals surface area contributed by atoms with Crippen LogP contribution in [0.4, 0.5) is 5.69 Å². The van der Waals surface area contributed by atoms with Crippen molar-refractivity contribution >= 4 is 27.5 Å². The Morgan fingerprint density at radius 3 is 2.67 bits per heavy atom. The maximum atomic E-state index is 11.9. The van der Waals surface area contributed by atoms with Gasteiger partial charge in [-0.25, -0.2) is 0 Å². The maximum Gasteiger partial charge on any atom is 0.299 e. The molecular formula is C14H22ClN3O2S. The first-order chi connectivity index (χ1) is 9.96. The van der Waals surface area contributed by atoms with Gasteiger partial charge in [-0.3, -0.25) is 4.72 Å². The molecule has 0 aliphatic carbocycles. The number of halogens is 1. The normalized spacial score (nSPS) is 19.8. The van der Waals surface area contributed by atoms with Crippen molar-refractivity contribution in [1.82, 2.24) is 9.62 Å². The van der Waals surface area contributed by atoms with Gasteiger partial charge in [-0.2, -0.15) is 13.1 Å². The number of anilines is 1. The molecule has 0 amide bonds. The highest BCUT2D eigenvalue weighted by Crippen LogP contribution is 2.19. The third kappa shape index (κ3) is 5.47. The van der Waals surface area contributed by atoms with Crippen molar-refractivity contribution < 1.29 is 8.42 Å². The van der Waals surface area contributed by atoms with Crippen molar-refractivity contribution in [3.63, 3.8) is 0 Å². The zero-order valence-electron chi connectivity index (χ0n) is 12.2. The Balaban J connectivity index is 1.72. The van der Waals surface area contributed by atoms with Crippen LogP contribution in [0.25, 0.3) is 0 Å². The molecular weight excluding hydrogens is 310 g/mol. The minimum Gasteiger partial charge on any atom is -0.303 e. The molecule has 1 heterocycles. The second-order valence-corrected chi connectivity index (χ2v) is 7.36. The Morgan fingerprint density at radius 1 is 1.33 bits per heavy atom. The van der Waals surface area contributed by atoms with Gasteiger partial charge in [-0.15, -0.1) is 0 Å². The topological polar surface area (TPSA) is 61.4 Å². The third-order valence-corrected chi connectivity index (χ3v) is 5.11. The second-order valence-electron chi connectivity index (χ2n) is 5.43. The summed E-state index contributed by atoms with van der Waals surface area (Å²) in [6.45, 7) is 1.60. The van der Waals surface area contributed by atoms with Gasteiger partial charge in [-0.1, -0.05) is 11.6 Å². The first kappa shape index (κ1) is 16.5. The molecule has 5 nitrogen and oxygen atoms in total. The molecule has 0 radical (unpaired) electrons. The summed E-state index contributed by atoms with van der Waals surface area (Å²) in [6, 6.07) is 7.16. The molecule has 7 heteroatoms. The van der Waals surface area contributed by atoms with Crippen LogP contribution in [-0.4, -0.2) is 39.5 Å². The summed E-state index contributed by atoms with van der Waals surface area (Å²) < 4.78 is 28.8. The molecule has 1 aliphatic rings. The molecule has 21 heavy (non-hydrogen) atoms. The number of benzene rings is 1. The average molecular weight is 332 g/mol. The van der Waals surface area contributed by atoms with Crippen LogP contribution in [0.1, 0.15) is 25.7 Å². The van der Waals surface area contributed by atoms with Gasteiger partial charge in [0.25, 0.3) is 10.2 Å². The van der Waals surface area contributed by atoms with E-state index in [1.807, 2.05) is 0 Å². The van der Waals surface area contributed by atoms with Crippen molar-refractivity contribution in [1.29, 1.82) is 0 Å². The van der Waals surface area contributed by atoms with Crippen LogP contribution in [0.2, 0.25) is 5.02 Å². The van der Waals surface area contributed by atoms with Crippen LogP contribution in [0.5, 0.6) is 0 Å². The number of hydrogen-bond donors (Lipinski definition) is 2. The monoisotopic (exact) mass is 331 g/mol. The molecule has 1 atom stereocenters. The van der Waals surface area contributed by atoms with E-state index in [2.05, 4.69) is 21.4 Å². The van der Waals surface area contributed by atoms with Crippen LogP contribution in [0.3, 0.4) is 0 Å². The van der Waals surface area contributed by atoms with Gasteiger partial charge in [0, 0.05) is 23.3 Å². The second kappa shape index (κ2) is 7.45. The van der Waals surface area contributed by atoms with E-state index in [0.717, 1.165) is 19.4 Å². The Labute approximate surface area is 131 Å². The lowest BCUT2D eigenvalue weighted by molar-refractivity contribution is 0.292. The van der Waals surface area contributed by atoms with E-state index < -0.39 is 10.2 Å². The summed E-state index contributed by atoms with van der Waals surface area (Å²) in [5.41, 5.74) is 0.502. The molecule has 118 valence electrons.